The van der Waals surface area contributed by atoms with E-state index in [4.69, 9.17) is 11.6 Å². The molecule has 1 atom stereocenters. The highest BCUT2D eigenvalue weighted by Crippen LogP contribution is 2.19. The van der Waals surface area contributed by atoms with Crippen molar-refractivity contribution in [1.82, 2.24) is 0 Å². The molecule has 0 aliphatic heterocycles. The molecule has 94 valence electrons. The summed E-state index contributed by atoms with van der Waals surface area (Å²) in [6, 6.07) is 4.80. The zero-order chi connectivity index (χ0) is 13.1. The van der Waals surface area contributed by atoms with Crippen LogP contribution in [0.2, 0.25) is 5.02 Å². The number of benzene rings is 1. The number of nitrogens with zero attached hydrogens (tertiary/aromatic N) is 1. The Bertz CT molecular complexity index is 417. The molecule has 0 aliphatic carbocycles. The lowest BCUT2D eigenvalue weighted by atomic mass is 10.1. The van der Waals surface area contributed by atoms with E-state index in [0.29, 0.717) is 5.56 Å². The van der Waals surface area contributed by atoms with Crippen molar-refractivity contribution in [1.29, 1.82) is 0 Å². The summed E-state index contributed by atoms with van der Waals surface area (Å²) in [5.74, 6) is -0.442. The Hall–Kier alpha value is -0.580. The predicted octanol–water partition coefficient (Wildman–Crippen LogP) is 3.55. The van der Waals surface area contributed by atoms with Gasteiger partial charge in [0, 0.05) is 6.42 Å². The number of hydrogen-bond donors (Lipinski definition) is 0. The minimum atomic E-state index is -1.31. The lowest BCUT2D eigenvalue weighted by molar-refractivity contribution is 0.561. The number of hydrogen-bond acceptors (Lipinski definition) is 2. The first-order chi connectivity index (χ1) is 7.82. The van der Waals surface area contributed by atoms with Crippen molar-refractivity contribution in [3.8, 4) is 0 Å². The molecule has 0 aromatic heterocycles. The van der Waals surface area contributed by atoms with Crippen molar-refractivity contribution >= 4 is 29.2 Å². The maximum Gasteiger partial charge on any atom is 0.145 e. The Balaban J connectivity index is 2.68. The van der Waals surface area contributed by atoms with E-state index < -0.39 is 21.9 Å². The van der Waals surface area contributed by atoms with Crippen LogP contribution in [0.5, 0.6) is 0 Å². The Kier molecular flexibility index (Phi) is 4.98. The normalized spacial score (nSPS) is 14.2. The lowest BCUT2D eigenvalue weighted by Gasteiger charge is -2.17. The average Bonchev–Trinajstić information content (AvgIpc) is 2.22. The molecule has 0 unspecified atom stereocenters. The Morgan fingerprint density at radius 2 is 2.12 bits per heavy atom. The smallest absolute Gasteiger partial charge is 0.145 e. The highest BCUT2D eigenvalue weighted by Gasteiger charge is 2.25. The molecule has 0 aliphatic rings. The summed E-state index contributed by atoms with van der Waals surface area (Å²) in [6.45, 7) is 5.50. The molecular weight excluding hydrogens is 261 g/mol. The minimum Gasteiger partial charge on any atom is -0.591 e. The van der Waals surface area contributed by atoms with Gasteiger partial charge in [-0.05, 0) is 32.4 Å². The van der Waals surface area contributed by atoms with E-state index in [0.717, 1.165) is 0 Å². The van der Waals surface area contributed by atoms with Crippen LogP contribution in [0, 0.1) is 5.82 Å². The molecule has 0 heterocycles. The van der Waals surface area contributed by atoms with Crippen molar-refractivity contribution < 1.29 is 8.94 Å². The summed E-state index contributed by atoms with van der Waals surface area (Å²) >= 11 is 4.34. The molecule has 0 saturated heterocycles. The fraction of sp³-hybridized carbons (Fsp3) is 0.417. The molecule has 17 heavy (non-hydrogen) atoms. The van der Waals surface area contributed by atoms with Crippen LogP contribution in [0.1, 0.15) is 26.3 Å². The Morgan fingerprint density at radius 1 is 1.47 bits per heavy atom. The maximum absolute atomic E-state index is 13.5. The van der Waals surface area contributed by atoms with Gasteiger partial charge in [-0.2, -0.15) is 0 Å². The second kappa shape index (κ2) is 5.85. The van der Waals surface area contributed by atoms with Crippen LogP contribution in [0.25, 0.3) is 0 Å². The summed E-state index contributed by atoms with van der Waals surface area (Å²) in [6.07, 6.45) is 1.75. The lowest BCUT2D eigenvalue weighted by Crippen LogP contribution is -2.25. The quantitative estimate of drug-likeness (QED) is 0.614. The molecule has 1 aromatic carbocycles. The predicted molar refractivity (Wildman–Crippen MR) is 71.5 cm³/mol. The van der Waals surface area contributed by atoms with Crippen LogP contribution in [-0.4, -0.2) is 15.5 Å². The van der Waals surface area contributed by atoms with Gasteiger partial charge in [0.2, 0.25) is 0 Å². The standard InChI is InChI=1S/C12H15ClFNOS/c1-12(2,3)17(16)15-8-7-9-5-4-6-10(13)11(9)14/h4-6,8H,7H2,1-3H3/b15-8+/t17-/m1/s1. The summed E-state index contributed by atoms with van der Waals surface area (Å²) < 4.78 is 28.6. The van der Waals surface area contributed by atoms with Gasteiger partial charge in [0.1, 0.15) is 21.9 Å². The first-order valence-electron chi connectivity index (χ1n) is 5.20. The van der Waals surface area contributed by atoms with Crippen LogP contribution in [0.15, 0.2) is 22.6 Å². The summed E-state index contributed by atoms with van der Waals surface area (Å²) in [4.78, 5) is 0. The largest absolute Gasteiger partial charge is 0.591 e. The molecule has 5 heteroatoms. The Morgan fingerprint density at radius 3 is 2.71 bits per heavy atom. The summed E-state index contributed by atoms with van der Waals surface area (Å²) in [7, 11) is 0. The fourth-order valence-corrected chi connectivity index (χ4v) is 1.79. The first-order valence-corrected chi connectivity index (χ1v) is 6.68. The molecule has 0 amide bonds. The van der Waals surface area contributed by atoms with Crippen molar-refractivity contribution in [3.63, 3.8) is 0 Å². The van der Waals surface area contributed by atoms with Gasteiger partial charge >= 0.3 is 0 Å². The third-order valence-corrected chi connectivity index (χ3v) is 3.72. The van der Waals surface area contributed by atoms with Crippen molar-refractivity contribution in [2.24, 2.45) is 4.40 Å². The van der Waals surface area contributed by atoms with Crippen LogP contribution in [0.3, 0.4) is 0 Å². The van der Waals surface area contributed by atoms with Gasteiger partial charge in [0.05, 0.1) is 11.2 Å². The van der Waals surface area contributed by atoms with E-state index >= 15 is 0 Å². The van der Waals surface area contributed by atoms with Crippen molar-refractivity contribution in [2.45, 2.75) is 31.9 Å². The summed E-state index contributed by atoms with van der Waals surface area (Å²) in [5.41, 5.74) is 0.451. The monoisotopic (exact) mass is 275 g/mol. The molecule has 0 radical (unpaired) electrons. The van der Waals surface area contributed by atoms with Gasteiger partial charge in [-0.3, -0.25) is 0 Å². The molecule has 2 nitrogen and oxygen atoms in total. The van der Waals surface area contributed by atoms with Crippen LogP contribution < -0.4 is 0 Å². The van der Waals surface area contributed by atoms with Gasteiger partial charge in [0.15, 0.2) is 0 Å². The molecule has 0 spiro atoms. The summed E-state index contributed by atoms with van der Waals surface area (Å²) in [5, 5.41) is 0.0906. The molecule has 0 saturated carbocycles. The zero-order valence-corrected chi connectivity index (χ0v) is 11.6. The second-order valence-electron chi connectivity index (χ2n) is 4.57. The van der Waals surface area contributed by atoms with Crippen LogP contribution >= 0.6 is 11.6 Å². The van der Waals surface area contributed by atoms with Gasteiger partial charge in [-0.15, -0.1) is 0 Å². The van der Waals surface area contributed by atoms with E-state index in [9.17, 15) is 8.94 Å². The minimum absolute atomic E-state index is 0.0906. The second-order valence-corrected chi connectivity index (χ2v) is 6.91. The number of rotatable bonds is 3. The zero-order valence-electron chi connectivity index (χ0n) is 10.0. The van der Waals surface area contributed by atoms with Crippen LogP contribution in [-0.2, 0) is 17.8 Å². The van der Waals surface area contributed by atoms with Crippen molar-refractivity contribution in [3.05, 3.63) is 34.6 Å². The highest BCUT2D eigenvalue weighted by atomic mass is 35.5. The molecule has 0 bridgehead atoms. The topological polar surface area (TPSA) is 35.4 Å². The van der Waals surface area contributed by atoms with E-state index in [1.54, 1.807) is 12.1 Å². The highest BCUT2D eigenvalue weighted by molar-refractivity contribution is 7.91. The molecule has 1 rings (SSSR count). The maximum atomic E-state index is 13.5. The van der Waals surface area contributed by atoms with Crippen LogP contribution in [0.4, 0.5) is 4.39 Å². The molecular formula is C12H15ClFNOS. The number of halogens is 2. The van der Waals surface area contributed by atoms with Gasteiger partial charge in [0.25, 0.3) is 0 Å². The van der Waals surface area contributed by atoms with Gasteiger partial charge in [-0.1, -0.05) is 28.1 Å². The fourth-order valence-electron chi connectivity index (χ4n) is 1.07. The molecule has 1 aromatic rings. The van der Waals surface area contributed by atoms with E-state index in [-0.39, 0.29) is 11.4 Å². The molecule has 0 fully saturated rings. The van der Waals surface area contributed by atoms with Gasteiger partial charge in [-0.25, -0.2) is 4.39 Å². The SMILES string of the molecule is CC(C)(C)[S@@+]([O-])/N=C/Cc1cccc(Cl)c1F. The van der Waals surface area contributed by atoms with Crippen molar-refractivity contribution in [2.75, 3.05) is 0 Å². The van der Waals surface area contributed by atoms with Gasteiger partial charge < -0.3 is 4.55 Å². The van der Waals surface area contributed by atoms with E-state index in [2.05, 4.69) is 4.40 Å². The van der Waals surface area contributed by atoms with E-state index in [1.807, 2.05) is 20.8 Å². The Labute approximate surface area is 109 Å². The third-order valence-electron chi connectivity index (χ3n) is 2.04. The van der Waals surface area contributed by atoms with E-state index in [1.165, 1.54) is 12.3 Å². The average molecular weight is 276 g/mol. The first kappa shape index (κ1) is 14.5. The third kappa shape index (κ3) is 4.30. The molecule has 0 N–H and O–H groups in total.